The molecule has 6 rings (SSSR count). The zero-order valence-corrected chi connectivity index (χ0v) is 20.7. The van der Waals surface area contributed by atoms with Gasteiger partial charge in [0.15, 0.2) is 23.4 Å². The molecule has 2 heterocycles. The molecule has 5 atom stereocenters. The van der Waals surface area contributed by atoms with E-state index in [1.807, 2.05) is 6.07 Å². The Labute approximate surface area is 210 Å². The molecule has 2 bridgehead atoms. The Bertz CT molecular complexity index is 1110. The summed E-state index contributed by atoms with van der Waals surface area (Å²) in [5.41, 5.74) is -0.736. The molecule has 5 aliphatic rings. The zero-order valence-electron chi connectivity index (χ0n) is 21.5. The maximum absolute atomic E-state index is 13.2. The second kappa shape index (κ2) is 7.15. The van der Waals surface area contributed by atoms with E-state index < -0.39 is 36.1 Å². The van der Waals surface area contributed by atoms with Crippen LogP contribution in [0.3, 0.4) is 0 Å². The van der Waals surface area contributed by atoms with Crippen LogP contribution in [0, 0.1) is 11.8 Å². The maximum atomic E-state index is 13.2. The summed E-state index contributed by atoms with van der Waals surface area (Å²) < 4.78 is 37.6. The summed E-state index contributed by atoms with van der Waals surface area (Å²) in [7, 11) is 0. The number of likely N-dealkylation sites (tertiary alicyclic amines) is 1. The van der Waals surface area contributed by atoms with Gasteiger partial charge in [-0.3, -0.25) is 9.59 Å². The van der Waals surface area contributed by atoms with Gasteiger partial charge in [-0.2, -0.15) is 0 Å². The van der Waals surface area contributed by atoms with Crippen LogP contribution in [0.1, 0.15) is 61.2 Å². The van der Waals surface area contributed by atoms with Crippen molar-refractivity contribution >= 4 is 11.8 Å². The van der Waals surface area contributed by atoms with Crippen LogP contribution < -0.4 is 33.5 Å². The van der Waals surface area contributed by atoms with Gasteiger partial charge in [0.25, 0.3) is 0 Å². The summed E-state index contributed by atoms with van der Waals surface area (Å²) in [4.78, 5) is 25.6. The van der Waals surface area contributed by atoms with Gasteiger partial charge in [-0.05, 0) is 30.9 Å². The van der Waals surface area contributed by atoms with E-state index in [1.165, 1.54) is 0 Å². The van der Waals surface area contributed by atoms with Gasteiger partial charge in [0.1, 0.15) is 11.6 Å². The number of rotatable bonds is 4. The molecule has 1 aromatic carbocycles. The fourth-order valence-electron chi connectivity index (χ4n) is 6.90. The number of carbonyl (C=O) groups is 2. The lowest BCUT2D eigenvalue weighted by atomic mass is 9.48. The minimum absolute atomic E-state index is 0. The first-order valence-electron chi connectivity index (χ1n) is 13.1. The summed E-state index contributed by atoms with van der Waals surface area (Å²) >= 11 is 0. The number of Topliss-reactive ketones (excluding diaryl/α,β-unsaturated/α-hetero) is 1. The van der Waals surface area contributed by atoms with Gasteiger partial charge in [0.2, 0.25) is 0 Å². The molecule has 6 nitrogen and oxygen atoms in total. The SMILES string of the molecule is [2H]C([2H])([2H])[N@+]1(CC2CC2)CC[C@]23c4c5ccc(OC(=O)C(C)C)c4O[C@H]2C(=O)CC[C@@]3(O)[C@H]1C5.[I-]. The molecular formula is C25H32INO5. The maximum Gasteiger partial charge on any atom is 0.313 e. The van der Waals surface area contributed by atoms with Gasteiger partial charge in [0.05, 0.1) is 35.5 Å². The lowest BCUT2D eigenvalue weighted by Crippen LogP contribution is -3.00. The summed E-state index contributed by atoms with van der Waals surface area (Å²) in [5.74, 6) is 0.212. The van der Waals surface area contributed by atoms with Crippen LogP contribution in [0.25, 0.3) is 0 Å². The van der Waals surface area contributed by atoms with Gasteiger partial charge in [0, 0.05) is 30.7 Å². The number of ketones is 1. The third-order valence-corrected chi connectivity index (χ3v) is 8.58. The van der Waals surface area contributed by atoms with Gasteiger partial charge in [-0.15, -0.1) is 0 Å². The summed E-state index contributed by atoms with van der Waals surface area (Å²) in [5, 5.41) is 12.5. The standard InChI is InChI=1S/C25H32NO5.HI/c1-14(2)23(28)30-18-7-6-16-12-19-25(29)9-8-17(27)22-24(25,20(16)21(18)31-22)10-11-26(19,3)13-15-4-5-15;/h6-7,14-15,19,22,29H,4-5,8-13H2,1-3H3;1H/q+1;/p-1/t19-,22+,24+,25-,26-;/m1./s1/i3D3;. The number of halogens is 1. The highest BCUT2D eigenvalue weighted by atomic mass is 127. The largest absolute Gasteiger partial charge is 1.00 e. The Kier molecular flexibility index (Phi) is 4.28. The topological polar surface area (TPSA) is 72.8 Å². The fraction of sp³-hybridized carbons (Fsp3) is 0.680. The molecule has 2 saturated carbocycles. The van der Waals surface area contributed by atoms with Crippen molar-refractivity contribution in [3.8, 4) is 11.5 Å². The number of piperidine rings is 1. The molecule has 0 radical (unpaired) electrons. The van der Waals surface area contributed by atoms with Gasteiger partial charge in [-0.25, -0.2) is 0 Å². The molecular weight excluding hydrogens is 521 g/mol. The van der Waals surface area contributed by atoms with E-state index in [0.29, 0.717) is 37.6 Å². The molecule has 32 heavy (non-hydrogen) atoms. The van der Waals surface area contributed by atoms with Gasteiger partial charge >= 0.3 is 5.97 Å². The molecule has 7 heteroatoms. The van der Waals surface area contributed by atoms with Crippen LogP contribution in [-0.4, -0.2) is 59.2 Å². The Balaban J connectivity index is 0.00000253. The molecule has 1 spiro atoms. The van der Waals surface area contributed by atoms with Crippen molar-refractivity contribution in [3.63, 3.8) is 0 Å². The third kappa shape index (κ3) is 2.76. The number of benzene rings is 1. The molecule has 0 unspecified atom stereocenters. The van der Waals surface area contributed by atoms with Crippen LogP contribution in [0.15, 0.2) is 12.1 Å². The van der Waals surface area contributed by atoms with Crippen LogP contribution in [0.4, 0.5) is 0 Å². The Morgan fingerprint density at radius 3 is 2.84 bits per heavy atom. The molecule has 3 fully saturated rings. The van der Waals surface area contributed by atoms with Crippen molar-refractivity contribution in [2.45, 2.75) is 75.5 Å². The van der Waals surface area contributed by atoms with Crippen molar-refractivity contribution in [1.82, 2.24) is 0 Å². The van der Waals surface area contributed by atoms with E-state index in [-0.39, 0.29) is 58.8 Å². The number of ether oxygens (including phenoxy) is 2. The lowest BCUT2D eigenvalue weighted by Gasteiger charge is -2.64. The van der Waals surface area contributed by atoms with E-state index in [4.69, 9.17) is 13.6 Å². The number of carbonyl (C=O) groups excluding carboxylic acids is 2. The second-order valence-corrected chi connectivity index (χ2v) is 10.7. The number of nitrogens with zero attached hydrogens (tertiary/aromatic N) is 1. The number of esters is 1. The van der Waals surface area contributed by atoms with Crippen molar-refractivity contribution < 1.29 is 56.7 Å². The number of quaternary nitrogens is 1. The smallest absolute Gasteiger partial charge is 0.313 e. The highest BCUT2D eigenvalue weighted by molar-refractivity contribution is 5.90. The quantitative estimate of drug-likeness (QED) is 0.235. The second-order valence-electron chi connectivity index (χ2n) is 10.7. The molecule has 174 valence electrons. The van der Waals surface area contributed by atoms with Crippen LogP contribution in [0.2, 0.25) is 0 Å². The highest BCUT2D eigenvalue weighted by Gasteiger charge is 2.76. The van der Waals surface area contributed by atoms with Crippen molar-refractivity contribution in [3.05, 3.63) is 23.3 Å². The van der Waals surface area contributed by atoms with E-state index >= 15 is 0 Å². The number of likely N-dealkylation sites (N-methyl/N-ethyl adjacent to an activating group) is 1. The minimum Gasteiger partial charge on any atom is -1.00 e. The first-order chi connectivity index (χ1) is 15.9. The molecule has 0 amide bonds. The molecule has 1 N–H and O–H groups in total. The number of aliphatic hydroxyl groups is 1. The third-order valence-electron chi connectivity index (χ3n) is 8.58. The average Bonchev–Trinajstić information content (AvgIpc) is 3.49. The van der Waals surface area contributed by atoms with Crippen molar-refractivity contribution in [2.24, 2.45) is 11.8 Å². The van der Waals surface area contributed by atoms with Gasteiger partial charge < -0.3 is 43.0 Å². The average molecular weight is 556 g/mol. The predicted molar refractivity (Wildman–Crippen MR) is 113 cm³/mol. The predicted octanol–water partition coefficient (Wildman–Crippen LogP) is -0.470. The zero-order chi connectivity index (χ0) is 24.3. The van der Waals surface area contributed by atoms with Crippen LogP contribution in [-0.2, 0) is 21.4 Å². The minimum atomic E-state index is -2.27. The first kappa shape index (κ1) is 19.2. The van der Waals surface area contributed by atoms with E-state index in [2.05, 4.69) is 0 Å². The Morgan fingerprint density at radius 1 is 1.38 bits per heavy atom. The Morgan fingerprint density at radius 2 is 2.16 bits per heavy atom. The van der Waals surface area contributed by atoms with E-state index in [9.17, 15) is 14.7 Å². The fourth-order valence-corrected chi connectivity index (χ4v) is 6.90. The first-order valence-corrected chi connectivity index (χ1v) is 11.6. The Hall–Kier alpha value is -1.19. The van der Waals surface area contributed by atoms with Gasteiger partial charge in [-0.1, -0.05) is 19.9 Å². The van der Waals surface area contributed by atoms with E-state index in [1.54, 1.807) is 19.9 Å². The molecule has 1 aromatic rings. The summed E-state index contributed by atoms with van der Waals surface area (Å²) in [6.07, 6.45) is 2.29. The number of hydrogen-bond donors (Lipinski definition) is 1. The van der Waals surface area contributed by atoms with Crippen LogP contribution in [0.5, 0.6) is 11.5 Å². The molecule has 1 saturated heterocycles. The summed E-state index contributed by atoms with van der Waals surface area (Å²) in [6, 6.07) is 3.02. The monoisotopic (exact) mass is 556 g/mol. The highest BCUT2D eigenvalue weighted by Crippen LogP contribution is 2.66. The normalized spacial score (nSPS) is 40.4. The molecule has 2 aliphatic heterocycles. The van der Waals surface area contributed by atoms with Crippen molar-refractivity contribution in [1.29, 1.82) is 0 Å². The summed E-state index contributed by atoms with van der Waals surface area (Å²) in [6.45, 7) is 2.13. The number of hydrogen-bond acceptors (Lipinski definition) is 5. The van der Waals surface area contributed by atoms with Crippen LogP contribution >= 0.6 is 0 Å². The lowest BCUT2D eigenvalue weighted by molar-refractivity contribution is -0.950. The van der Waals surface area contributed by atoms with E-state index in [0.717, 1.165) is 24.0 Å². The molecule has 3 aliphatic carbocycles. The van der Waals surface area contributed by atoms with Crippen molar-refractivity contribution in [2.75, 3.05) is 20.1 Å². The molecule has 0 aromatic heterocycles.